The third-order valence-corrected chi connectivity index (χ3v) is 3.09. The fourth-order valence-electron chi connectivity index (χ4n) is 2.13. The molecule has 0 bridgehead atoms. The smallest absolute Gasteiger partial charge is 0.328 e. The van der Waals surface area contributed by atoms with Crippen molar-refractivity contribution in [3.63, 3.8) is 0 Å². The van der Waals surface area contributed by atoms with E-state index in [1.165, 1.54) is 6.07 Å². The second kappa shape index (κ2) is 5.17. The third kappa shape index (κ3) is 3.67. The van der Waals surface area contributed by atoms with Crippen LogP contribution in [-0.2, 0) is 4.74 Å². The maximum absolute atomic E-state index is 11.7. The van der Waals surface area contributed by atoms with Gasteiger partial charge in [-0.15, -0.1) is 0 Å². The molecule has 0 unspecified atom stereocenters. The Kier molecular flexibility index (Phi) is 3.75. The van der Waals surface area contributed by atoms with Gasteiger partial charge >= 0.3 is 5.69 Å². The van der Waals surface area contributed by atoms with E-state index < -0.39 is 0 Å². The van der Waals surface area contributed by atoms with Crippen LogP contribution in [0.1, 0.15) is 33.2 Å². The van der Waals surface area contributed by atoms with Crippen molar-refractivity contribution in [3.05, 3.63) is 45.3 Å². The van der Waals surface area contributed by atoms with E-state index >= 15 is 0 Å². The summed E-state index contributed by atoms with van der Waals surface area (Å²) < 4.78 is 7.30. The molecule has 0 radical (unpaired) electrons. The number of hydrogen-bond acceptors (Lipinski definition) is 3. The lowest BCUT2D eigenvalue weighted by molar-refractivity contribution is -0.0161. The molecule has 1 heterocycles. The first-order chi connectivity index (χ1) is 8.85. The Balaban J connectivity index is 2.01. The van der Waals surface area contributed by atoms with Crippen LogP contribution in [0.15, 0.2) is 34.0 Å². The summed E-state index contributed by atoms with van der Waals surface area (Å²) in [5.74, 6) is 0.308. The molecular weight excluding hydrogens is 244 g/mol. The standard InChI is InChI=1S/C14H20N2O3/c1-14(2,3)19-9-10-4-5-11(8-10)16-7-6-12(17)15-13(16)18/h4-7,10-11H,8-9H2,1-3H3,(H,15,17,18)/t10-,11+/m0/s1. The number of allylic oxidation sites excluding steroid dienone is 1. The molecule has 1 aliphatic rings. The molecule has 5 nitrogen and oxygen atoms in total. The fraction of sp³-hybridized carbons (Fsp3) is 0.571. The van der Waals surface area contributed by atoms with Crippen LogP contribution in [0.4, 0.5) is 0 Å². The van der Waals surface area contributed by atoms with Crippen molar-refractivity contribution in [2.24, 2.45) is 5.92 Å². The van der Waals surface area contributed by atoms with E-state index in [-0.39, 0.29) is 22.9 Å². The summed E-state index contributed by atoms with van der Waals surface area (Å²) in [5, 5.41) is 0. The lowest BCUT2D eigenvalue weighted by Gasteiger charge is -2.22. The molecule has 104 valence electrons. The van der Waals surface area contributed by atoms with Gasteiger partial charge in [0.15, 0.2) is 0 Å². The van der Waals surface area contributed by atoms with Crippen LogP contribution < -0.4 is 11.2 Å². The topological polar surface area (TPSA) is 64.1 Å². The van der Waals surface area contributed by atoms with Crippen molar-refractivity contribution in [2.75, 3.05) is 6.61 Å². The quantitative estimate of drug-likeness (QED) is 0.841. The van der Waals surface area contributed by atoms with Gasteiger partial charge in [-0.05, 0) is 27.2 Å². The molecule has 0 aromatic carbocycles. The van der Waals surface area contributed by atoms with Gasteiger partial charge in [0.05, 0.1) is 18.2 Å². The summed E-state index contributed by atoms with van der Waals surface area (Å²) in [6.45, 7) is 6.72. The van der Waals surface area contributed by atoms with Crippen molar-refractivity contribution in [1.82, 2.24) is 9.55 Å². The first-order valence-electron chi connectivity index (χ1n) is 6.49. The van der Waals surface area contributed by atoms with Crippen LogP contribution in [0.3, 0.4) is 0 Å². The van der Waals surface area contributed by atoms with Gasteiger partial charge in [-0.2, -0.15) is 0 Å². The van der Waals surface area contributed by atoms with Gasteiger partial charge in [-0.1, -0.05) is 12.2 Å². The number of hydrogen-bond donors (Lipinski definition) is 1. The van der Waals surface area contributed by atoms with Crippen LogP contribution in [0.2, 0.25) is 0 Å². The zero-order chi connectivity index (χ0) is 14.0. The van der Waals surface area contributed by atoms with E-state index in [0.29, 0.717) is 12.5 Å². The molecule has 0 aliphatic heterocycles. The van der Waals surface area contributed by atoms with Crippen molar-refractivity contribution in [3.8, 4) is 0 Å². The molecule has 2 atom stereocenters. The lowest BCUT2D eigenvalue weighted by atomic mass is 10.1. The van der Waals surface area contributed by atoms with E-state index in [9.17, 15) is 9.59 Å². The zero-order valence-electron chi connectivity index (χ0n) is 11.6. The number of aromatic amines is 1. The van der Waals surface area contributed by atoms with Crippen LogP contribution in [0.5, 0.6) is 0 Å². The second-order valence-corrected chi connectivity index (χ2v) is 5.89. The van der Waals surface area contributed by atoms with Gasteiger partial charge in [0.1, 0.15) is 0 Å². The maximum atomic E-state index is 11.7. The zero-order valence-corrected chi connectivity index (χ0v) is 11.6. The molecule has 1 N–H and O–H groups in total. The Morgan fingerprint density at radius 1 is 1.37 bits per heavy atom. The average molecular weight is 264 g/mol. The first-order valence-corrected chi connectivity index (χ1v) is 6.49. The molecule has 0 saturated carbocycles. The number of nitrogens with one attached hydrogen (secondary N) is 1. The highest BCUT2D eigenvalue weighted by atomic mass is 16.5. The van der Waals surface area contributed by atoms with Crippen LogP contribution in [0, 0.1) is 5.92 Å². The molecule has 5 heteroatoms. The number of ether oxygens (including phenoxy) is 1. The van der Waals surface area contributed by atoms with Crippen molar-refractivity contribution < 1.29 is 4.74 Å². The number of aromatic nitrogens is 2. The Morgan fingerprint density at radius 2 is 2.11 bits per heavy atom. The van der Waals surface area contributed by atoms with Crippen molar-refractivity contribution >= 4 is 0 Å². The molecule has 19 heavy (non-hydrogen) atoms. The molecule has 1 aromatic heterocycles. The van der Waals surface area contributed by atoms with Gasteiger partial charge in [0.2, 0.25) is 0 Å². The maximum Gasteiger partial charge on any atom is 0.328 e. The summed E-state index contributed by atoms with van der Waals surface area (Å²) in [6, 6.07) is 1.37. The third-order valence-electron chi connectivity index (χ3n) is 3.09. The molecule has 0 spiro atoms. The highest BCUT2D eigenvalue weighted by Gasteiger charge is 2.23. The highest BCUT2D eigenvalue weighted by molar-refractivity contribution is 5.06. The minimum Gasteiger partial charge on any atom is -0.375 e. The van der Waals surface area contributed by atoms with Gasteiger partial charge in [0, 0.05) is 18.2 Å². The highest BCUT2D eigenvalue weighted by Crippen LogP contribution is 2.27. The normalized spacial score (nSPS) is 22.9. The molecule has 1 aliphatic carbocycles. The molecular formula is C14H20N2O3. The largest absolute Gasteiger partial charge is 0.375 e. The Bertz CT molecular complexity index is 577. The Morgan fingerprint density at radius 3 is 2.74 bits per heavy atom. The van der Waals surface area contributed by atoms with Gasteiger partial charge < -0.3 is 4.74 Å². The van der Waals surface area contributed by atoms with Gasteiger partial charge in [-0.25, -0.2) is 4.79 Å². The minimum atomic E-state index is -0.365. The van der Waals surface area contributed by atoms with Crippen LogP contribution in [-0.4, -0.2) is 21.8 Å². The summed E-state index contributed by atoms with van der Waals surface area (Å²) in [7, 11) is 0. The number of H-pyrrole nitrogens is 1. The molecule has 0 saturated heterocycles. The second-order valence-electron chi connectivity index (χ2n) is 5.89. The average Bonchev–Trinajstić information content (AvgIpc) is 2.74. The summed E-state index contributed by atoms with van der Waals surface area (Å²) in [5.41, 5.74) is -0.879. The first kappa shape index (κ1) is 13.8. The predicted octanol–water partition coefficient (Wildman–Crippen LogP) is 1.47. The number of nitrogens with zero attached hydrogens (tertiary/aromatic N) is 1. The van der Waals surface area contributed by atoms with Crippen molar-refractivity contribution in [1.29, 1.82) is 0 Å². The molecule has 2 rings (SSSR count). The van der Waals surface area contributed by atoms with Gasteiger partial charge in [0.25, 0.3) is 5.56 Å². The van der Waals surface area contributed by atoms with E-state index in [4.69, 9.17) is 4.74 Å². The summed E-state index contributed by atoms with van der Waals surface area (Å²) >= 11 is 0. The van der Waals surface area contributed by atoms with Crippen LogP contribution in [0.25, 0.3) is 0 Å². The van der Waals surface area contributed by atoms with E-state index in [0.717, 1.165) is 6.42 Å². The monoisotopic (exact) mass is 264 g/mol. The Labute approximate surface area is 111 Å². The van der Waals surface area contributed by atoms with Crippen molar-refractivity contribution in [2.45, 2.75) is 38.8 Å². The summed E-state index contributed by atoms with van der Waals surface area (Å²) in [6.07, 6.45) is 6.44. The summed E-state index contributed by atoms with van der Waals surface area (Å²) in [4.78, 5) is 25.0. The fourth-order valence-corrected chi connectivity index (χ4v) is 2.13. The van der Waals surface area contributed by atoms with E-state index in [2.05, 4.69) is 11.1 Å². The molecule has 0 amide bonds. The molecule has 0 fully saturated rings. The minimum absolute atomic E-state index is 0.00193. The van der Waals surface area contributed by atoms with E-state index in [1.54, 1.807) is 10.8 Å². The predicted molar refractivity (Wildman–Crippen MR) is 73.3 cm³/mol. The van der Waals surface area contributed by atoms with E-state index in [1.807, 2.05) is 26.8 Å². The Hall–Kier alpha value is -1.62. The molecule has 1 aromatic rings. The SMILES string of the molecule is CC(C)(C)OC[C@H]1C=C[C@@H](n2ccc(=O)[nH]c2=O)C1. The lowest BCUT2D eigenvalue weighted by Crippen LogP contribution is -2.31. The van der Waals surface area contributed by atoms with Gasteiger partial charge in [-0.3, -0.25) is 14.3 Å². The van der Waals surface area contributed by atoms with Crippen LogP contribution >= 0.6 is 0 Å². The number of rotatable bonds is 3.